The first-order valence-corrected chi connectivity index (χ1v) is 6.61. The van der Waals surface area contributed by atoms with Crippen LogP contribution in [0.25, 0.3) is 0 Å². The van der Waals surface area contributed by atoms with Crippen molar-refractivity contribution in [2.45, 2.75) is 53.5 Å². The molecule has 1 fully saturated rings. The van der Waals surface area contributed by atoms with Gasteiger partial charge in [-0.15, -0.1) is 0 Å². The zero-order valence-corrected chi connectivity index (χ0v) is 12.3. The van der Waals surface area contributed by atoms with Gasteiger partial charge < -0.3 is 10.2 Å². The minimum absolute atomic E-state index is 0.000810. The van der Waals surface area contributed by atoms with E-state index in [-0.39, 0.29) is 22.8 Å². The van der Waals surface area contributed by atoms with Crippen LogP contribution in [0.5, 0.6) is 0 Å². The summed E-state index contributed by atoms with van der Waals surface area (Å²) in [6.07, 6.45) is 2.05. The molecule has 0 aromatic rings. The molecule has 100 valence electrons. The van der Waals surface area contributed by atoms with E-state index in [1.165, 1.54) is 0 Å². The van der Waals surface area contributed by atoms with Gasteiger partial charge in [0.25, 0.3) is 0 Å². The van der Waals surface area contributed by atoms with Crippen molar-refractivity contribution in [3.05, 3.63) is 0 Å². The van der Waals surface area contributed by atoms with Crippen LogP contribution in [0, 0.1) is 10.8 Å². The lowest BCUT2D eigenvalue weighted by molar-refractivity contribution is -0.134. The summed E-state index contributed by atoms with van der Waals surface area (Å²) < 4.78 is 0. The number of likely N-dealkylation sites (N-methyl/N-ethyl adjacent to an activating group) is 1. The van der Waals surface area contributed by atoms with Gasteiger partial charge in [0.15, 0.2) is 0 Å². The zero-order valence-electron chi connectivity index (χ0n) is 12.3. The minimum Gasteiger partial charge on any atom is -0.340 e. The van der Waals surface area contributed by atoms with Gasteiger partial charge in [0.2, 0.25) is 5.91 Å². The standard InChI is InChI=1S/C14H28N2O/c1-13(2,3)9-16-10-14(4,5)8-7-11(15-6)12(16)17/h11,15H,7-10H2,1-6H3. The quantitative estimate of drug-likeness (QED) is 0.803. The van der Waals surface area contributed by atoms with Crippen molar-refractivity contribution in [3.63, 3.8) is 0 Å². The van der Waals surface area contributed by atoms with Crippen molar-refractivity contribution in [3.8, 4) is 0 Å². The number of amides is 1. The van der Waals surface area contributed by atoms with Gasteiger partial charge in [-0.2, -0.15) is 0 Å². The Morgan fingerprint density at radius 3 is 2.47 bits per heavy atom. The number of rotatable bonds is 2. The van der Waals surface area contributed by atoms with Gasteiger partial charge in [0.1, 0.15) is 0 Å². The second kappa shape index (κ2) is 4.97. The summed E-state index contributed by atoms with van der Waals surface area (Å²) in [7, 11) is 1.89. The van der Waals surface area contributed by atoms with Crippen molar-refractivity contribution >= 4 is 5.91 Å². The van der Waals surface area contributed by atoms with Crippen LogP contribution in [0.1, 0.15) is 47.5 Å². The van der Waals surface area contributed by atoms with E-state index >= 15 is 0 Å². The van der Waals surface area contributed by atoms with E-state index in [9.17, 15) is 4.79 Å². The third kappa shape index (κ3) is 4.30. The van der Waals surface area contributed by atoms with Crippen LogP contribution in [0.3, 0.4) is 0 Å². The molecule has 1 amide bonds. The molecular formula is C14H28N2O. The van der Waals surface area contributed by atoms with Crippen LogP contribution in [-0.4, -0.2) is 37.0 Å². The first-order valence-electron chi connectivity index (χ1n) is 6.61. The van der Waals surface area contributed by atoms with Crippen molar-refractivity contribution in [2.24, 2.45) is 10.8 Å². The number of hydrogen-bond acceptors (Lipinski definition) is 2. The van der Waals surface area contributed by atoms with Gasteiger partial charge in [-0.3, -0.25) is 4.79 Å². The Labute approximate surface area is 106 Å². The van der Waals surface area contributed by atoms with Crippen LogP contribution in [0.4, 0.5) is 0 Å². The molecule has 1 aliphatic heterocycles. The Morgan fingerprint density at radius 2 is 2.00 bits per heavy atom. The van der Waals surface area contributed by atoms with Crippen LogP contribution in [-0.2, 0) is 4.79 Å². The monoisotopic (exact) mass is 240 g/mol. The van der Waals surface area contributed by atoms with Crippen LogP contribution < -0.4 is 5.32 Å². The number of hydrogen-bond donors (Lipinski definition) is 1. The average molecular weight is 240 g/mol. The van der Waals surface area contributed by atoms with E-state index < -0.39 is 0 Å². The topological polar surface area (TPSA) is 32.3 Å². The molecule has 1 rings (SSSR count). The Balaban J connectivity index is 2.86. The molecule has 0 aromatic heterocycles. The fourth-order valence-electron chi connectivity index (χ4n) is 2.53. The smallest absolute Gasteiger partial charge is 0.239 e. The van der Waals surface area contributed by atoms with E-state index in [2.05, 4.69) is 39.9 Å². The molecule has 1 N–H and O–H groups in total. The predicted octanol–water partition coefficient (Wildman–Crippen LogP) is 2.27. The molecule has 17 heavy (non-hydrogen) atoms. The van der Waals surface area contributed by atoms with Crippen molar-refractivity contribution in [2.75, 3.05) is 20.1 Å². The molecule has 1 saturated heterocycles. The molecule has 3 heteroatoms. The lowest BCUT2D eigenvalue weighted by Gasteiger charge is -2.34. The van der Waals surface area contributed by atoms with Gasteiger partial charge in [-0.1, -0.05) is 34.6 Å². The summed E-state index contributed by atoms with van der Waals surface area (Å²) in [5.74, 6) is 0.271. The molecule has 1 atom stereocenters. The molecule has 0 radical (unpaired) electrons. The molecule has 3 nitrogen and oxygen atoms in total. The largest absolute Gasteiger partial charge is 0.340 e. The Hall–Kier alpha value is -0.570. The highest BCUT2D eigenvalue weighted by Gasteiger charge is 2.35. The molecule has 0 bridgehead atoms. The summed E-state index contributed by atoms with van der Waals surface area (Å²) in [5.41, 5.74) is 0.390. The molecule has 1 heterocycles. The predicted molar refractivity (Wildman–Crippen MR) is 71.9 cm³/mol. The second-order valence-electron chi connectivity index (χ2n) is 7.30. The average Bonchev–Trinajstić information content (AvgIpc) is 2.23. The number of carbonyl (C=O) groups excluding carboxylic acids is 1. The SMILES string of the molecule is CNC1CCC(C)(C)CN(CC(C)(C)C)C1=O. The van der Waals surface area contributed by atoms with E-state index in [0.29, 0.717) is 0 Å². The molecule has 0 aromatic carbocycles. The highest BCUT2D eigenvalue weighted by Crippen LogP contribution is 2.30. The number of nitrogens with one attached hydrogen (secondary N) is 1. The maximum Gasteiger partial charge on any atom is 0.239 e. The minimum atomic E-state index is -0.000810. The van der Waals surface area contributed by atoms with Crippen molar-refractivity contribution in [1.82, 2.24) is 10.2 Å². The van der Waals surface area contributed by atoms with Gasteiger partial charge in [-0.25, -0.2) is 0 Å². The zero-order chi connectivity index (χ0) is 13.3. The lowest BCUT2D eigenvalue weighted by Crippen LogP contribution is -2.47. The first kappa shape index (κ1) is 14.5. The van der Waals surface area contributed by atoms with E-state index in [1.54, 1.807) is 0 Å². The van der Waals surface area contributed by atoms with Gasteiger partial charge >= 0.3 is 0 Å². The second-order valence-corrected chi connectivity index (χ2v) is 7.30. The summed E-state index contributed by atoms with van der Waals surface area (Å²) in [4.78, 5) is 14.5. The number of likely N-dealkylation sites (tertiary alicyclic amines) is 1. The van der Waals surface area contributed by atoms with Crippen LogP contribution in [0.2, 0.25) is 0 Å². The Kier molecular flexibility index (Phi) is 4.23. The fraction of sp³-hybridized carbons (Fsp3) is 0.929. The van der Waals surface area contributed by atoms with Crippen molar-refractivity contribution in [1.29, 1.82) is 0 Å². The summed E-state index contributed by atoms with van der Waals surface area (Å²) >= 11 is 0. The molecular weight excluding hydrogens is 212 g/mol. The normalized spacial score (nSPS) is 25.9. The molecule has 1 unspecified atom stereocenters. The van der Waals surface area contributed by atoms with Crippen LogP contribution in [0.15, 0.2) is 0 Å². The third-order valence-corrected chi connectivity index (χ3v) is 3.35. The van der Waals surface area contributed by atoms with Crippen LogP contribution >= 0.6 is 0 Å². The highest BCUT2D eigenvalue weighted by molar-refractivity contribution is 5.82. The van der Waals surface area contributed by atoms with Crippen molar-refractivity contribution < 1.29 is 4.79 Å². The molecule has 1 aliphatic rings. The fourth-order valence-corrected chi connectivity index (χ4v) is 2.53. The summed E-state index contributed by atoms with van der Waals surface area (Å²) in [6, 6.07) is -0.000810. The number of nitrogens with zero attached hydrogens (tertiary/aromatic N) is 1. The maximum atomic E-state index is 12.4. The lowest BCUT2D eigenvalue weighted by atomic mass is 9.87. The van der Waals surface area contributed by atoms with Gasteiger partial charge in [0.05, 0.1) is 6.04 Å². The Bertz CT molecular complexity index is 278. The maximum absolute atomic E-state index is 12.4. The van der Waals surface area contributed by atoms with Gasteiger partial charge in [0, 0.05) is 13.1 Å². The van der Waals surface area contributed by atoms with Gasteiger partial charge in [-0.05, 0) is 30.7 Å². The molecule has 0 spiro atoms. The Morgan fingerprint density at radius 1 is 1.41 bits per heavy atom. The number of carbonyl (C=O) groups is 1. The summed E-state index contributed by atoms with van der Waals surface area (Å²) in [6.45, 7) is 12.8. The molecule has 0 aliphatic carbocycles. The highest BCUT2D eigenvalue weighted by atomic mass is 16.2. The first-order chi connectivity index (χ1) is 7.64. The molecule has 0 saturated carbocycles. The van der Waals surface area contributed by atoms with E-state index in [0.717, 1.165) is 25.9 Å². The summed E-state index contributed by atoms with van der Waals surface area (Å²) in [5, 5.41) is 3.16. The third-order valence-electron chi connectivity index (χ3n) is 3.35. The van der Waals surface area contributed by atoms with E-state index in [1.807, 2.05) is 11.9 Å². The van der Waals surface area contributed by atoms with E-state index in [4.69, 9.17) is 0 Å².